The minimum Gasteiger partial charge on any atom is -0.357 e. The fourth-order valence-electron chi connectivity index (χ4n) is 2.84. The molecule has 1 saturated carbocycles. The zero-order valence-electron chi connectivity index (χ0n) is 13.7. The predicted molar refractivity (Wildman–Crippen MR) is 97.4 cm³/mol. The Morgan fingerprint density at radius 3 is 2.61 bits per heavy atom. The second kappa shape index (κ2) is 9.90. The van der Waals surface area contributed by atoms with Gasteiger partial charge in [-0.25, -0.2) is 0 Å². The van der Waals surface area contributed by atoms with Crippen molar-refractivity contribution in [2.75, 3.05) is 32.7 Å². The Bertz CT molecular complexity index is 372. The lowest BCUT2D eigenvalue weighted by Crippen LogP contribution is -2.45. The molecule has 4 nitrogen and oxygen atoms in total. The zero-order valence-corrected chi connectivity index (χ0v) is 16.0. The van der Waals surface area contributed by atoms with Crippen molar-refractivity contribution in [1.29, 1.82) is 0 Å². The standard InChI is InChI=1S/C15H27F3N4.HI/c1-2-19-14(20-8-3-4-12-5-6-12)21-13-7-9-22(10-13)11-15(16,17)18;/h12-13H,2-11H2,1H3,(H2,19,20,21);1H. The van der Waals surface area contributed by atoms with Crippen LogP contribution in [0.1, 0.15) is 39.0 Å². The molecule has 0 aromatic heterocycles. The molecule has 0 aromatic carbocycles. The van der Waals surface area contributed by atoms with Crippen molar-refractivity contribution in [3.63, 3.8) is 0 Å². The van der Waals surface area contributed by atoms with Crippen LogP contribution in [-0.4, -0.2) is 55.8 Å². The number of rotatable bonds is 7. The second-order valence-corrected chi connectivity index (χ2v) is 6.33. The van der Waals surface area contributed by atoms with Gasteiger partial charge in [0, 0.05) is 32.2 Å². The van der Waals surface area contributed by atoms with Crippen molar-refractivity contribution in [2.24, 2.45) is 10.9 Å². The minimum absolute atomic E-state index is 0. The number of likely N-dealkylation sites (tertiary alicyclic amines) is 1. The number of halogens is 4. The summed E-state index contributed by atoms with van der Waals surface area (Å²) >= 11 is 0. The molecule has 1 unspecified atom stereocenters. The van der Waals surface area contributed by atoms with E-state index >= 15 is 0 Å². The van der Waals surface area contributed by atoms with Gasteiger partial charge in [-0.05, 0) is 32.1 Å². The van der Waals surface area contributed by atoms with Gasteiger partial charge in [-0.3, -0.25) is 9.89 Å². The summed E-state index contributed by atoms with van der Waals surface area (Å²) in [6, 6.07) is 0.0450. The summed E-state index contributed by atoms with van der Waals surface area (Å²) in [5, 5.41) is 6.44. The molecule has 0 radical (unpaired) electrons. The van der Waals surface area contributed by atoms with E-state index in [2.05, 4.69) is 15.6 Å². The van der Waals surface area contributed by atoms with Crippen molar-refractivity contribution in [2.45, 2.75) is 51.2 Å². The average Bonchev–Trinajstić information content (AvgIpc) is 3.15. The number of hydrogen-bond donors (Lipinski definition) is 2. The van der Waals surface area contributed by atoms with Gasteiger partial charge in [0.15, 0.2) is 5.96 Å². The number of alkyl halides is 3. The van der Waals surface area contributed by atoms with E-state index in [9.17, 15) is 13.2 Å². The van der Waals surface area contributed by atoms with Crippen LogP contribution in [0.4, 0.5) is 13.2 Å². The van der Waals surface area contributed by atoms with Crippen LogP contribution in [0, 0.1) is 5.92 Å². The third kappa shape index (κ3) is 8.97. The summed E-state index contributed by atoms with van der Waals surface area (Å²) in [5.74, 6) is 1.65. The number of hydrogen-bond acceptors (Lipinski definition) is 2. The highest BCUT2D eigenvalue weighted by atomic mass is 127. The van der Waals surface area contributed by atoms with Crippen molar-refractivity contribution in [3.05, 3.63) is 0 Å². The summed E-state index contributed by atoms with van der Waals surface area (Å²) in [6.07, 6.45) is 1.66. The first-order chi connectivity index (χ1) is 10.5. The third-order valence-electron chi connectivity index (χ3n) is 4.10. The van der Waals surface area contributed by atoms with Crippen molar-refractivity contribution in [3.8, 4) is 0 Å². The fraction of sp³-hybridized carbons (Fsp3) is 0.933. The van der Waals surface area contributed by atoms with Crippen LogP contribution in [-0.2, 0) is 0 Å². The molecule has 8 heteroatoms. The van der Waals surface area contributed by atoms with E-state index in [0.717, 1.165) is 37.8 Å². The first-order valence-corrected chi connectivity index (χ1v) is 8.30. The topological polar surface area (TPSA) is 39.7 Å². The highest BCUT2D eigenvalue weighted by molar-refractivity contribution is 14.0. The van der Waals surface area contributed by atoms with Crippen LogP contribution < -0.4 is 10.6 Å². The Kier molecular flexibility index (Phi) is 8.95. The molecule has 136 valence electrons. The van der Waals surface area contributed by atoms with Crippen molar-refractivity contribution in [1.82, 2.24) is 15.5 Å². The maximum absolute atomic E-state index is 12.4. The van der Waals surface area contributed by atoms with E-state index in [1.165, 1.54) is 24.2 Å². The normalized spacial score (nSPS) is 22.8. The van der Waals surface area contributed by atoms with Gasteiger partial charge in [0.2, 0.25) is 0 Å². The quantitative estimate of drug-likeness (QED) is 0.272. The molecule has 0 bridgehead atoms. The van der Waals surface area contributed by atoms with Gasteiger partial charge in [0.25, 0.3) is 0 Å². The van der Waals surface area contributed by atoms with Crippen LogP contribution in [0.2, 0.25) is 0 Å². The molecule has 1 aliphatic heterocycles. The van der Waals surface area contributed by atoms with Crippen LogP contribution >= 0.6 is 24.0 Å². The van der Waals surface area contributed by atoms with Gasteiger partial charge in [-0.2, -0.15) is 13.2 Å². The van der Waals surface area contributed by atoms with Gasteiger partial charge in [-0.1, -0.05) is 12.8 Å². The lowest BCUT2D eigenvalue weighted by molar-refractivity contribution is -0.143. The van der Waals surface area contributed by atoms with E-state index in [1.807, 2.05) is 6.92 Å². The van der Waals surface area contributed by atoms with Crippen LogP contribution in [0.15, 0.2) is 4.99 Å². The molecule has 0 amide bonds. The SMILES string of the molecule is CCNC(=NCCCC1CC1)NC1CCN(CC(F)(F)F)C1.I. The van der Waals surface area contributed by atoms with Gasteiger partial charge in [0.1, 0.15) is 0 Å². The maximum Gasteiger partial charge on any atom is 0.401 e. The first-order valence-electron chi connectivity index (χ1n) is 8.30. The van der Waals surface area contributed by atoms with Gasteiger partial charge < -0.3 is 10.6 Å². The molecule has 23 heavy (non-hydrogen) atoms. The molecule has 1 atom stereocenters. The fourth-order valence-corrected chi connectivity index (χ4v) is 2.84. The van der Waals surface area contributed by atoms with Crippen LogP contribution in [0.5, 0.6) is 0 Å². The third-order valence-corrected chi connectivity index (χ3v) is 4.10. The predicted octanol–water partition coefficient (Wildman–Crippen LogP) is 2.99. The summed E-state index contributed by atoms with van der Waals surface area (Å²) in [4.78, 5) is 5.98. The monoisotopic (exact) mass is 448 g/mol. The summed E-state index contributed by atoms with van der Waals surface area (Å²) < 4.78 is 37.2. The highest BCUT2D eigenvalue weighted by Crippen LogP contribution is 2.33. The number of aliphatic imine (C=N–C) groups is 1. The van der Waals surface area contributed by atoms with Crippen LogP contribution in [0.3, 0.4) is 0 Å². The van der Waals surface area contributed by atoms with Crippen molar-refractivity contribution < 1.29 is 13.2 Å². The molecular weight excluding hydrogens is 420 g/mol. The molecule has 0 spiro atoms. The molecule has 1 saturated heterocycles. The lowest BCUT2D eigenvalue weighted by Gasteiger charge is -2.19. The molecular formula is C15H28F3IN4. The largest absolute Gasteiger partial charge is 0.401 e. The molecule has 1 aliphatic carbocycles. The second-order valence-electron chi connectivity index (χ2n) is 6.33. The Morgan fingerprint density at radius 1 is 1.26 bits per heavy atom. The van der Waals surface area contributed by atoms with E-state index in [-0.39, 0.29) is 30.0 Å². The molecule has 0 aromatic rings. The molecule has 2 aliphatic rings. The lowest BCUT2D eigenvalue weighted by atomic mass is 10.2. The Hall–Kier alpha value is -0.250. The van der Waals surface area contributed by atoms with E-state index in [1.54, 1.807) is 0 Å². The Labute approximate surface area is 153 Å². The summed E-state index contributed by atoms with van der Waals surface area (Å²) in [5.41, 5.74) is 0. The smallest absolute Gasteiger partial charge is 0.357 e. The van der Waals surface area contributed by atoms with E-state index < -0.39 is 12.7 Å². The van der Waals surface area contributed by atoms with Gasteiger partial charge >= 0.3 is 6.18 Å². The summed E-state index contributed by atoms with van der Waals surface area (Å²) in [7, 11) is 0. The van der Waals surface area contributed by atoms with Gasteiger partial charge in [0.05, 0.1) is 6.54 Å². The Balaban J connectivity index is 0.00000264. The van der Waals surface area contributed by atoms with Crippen LogP contribution in [0.25, 0.3) is 0 Å². The van der Waals surface area contributed by atoms with Crippen molar-refractivity contribution >= 4 is 29.9 Å². The number of guanidine groups is 1. The number of nitrogens with one attached hydrogen (secondary N) is 2. The molecule has 2 N–H and O–H groups in total. The summed E-state index contributed by atoms with van der Waals surface area (Å²) in [6.45, 7) is 3.62. The maximum atomic E-state index is 12.4. The number of nitrogens with zero attached hydrogens (tertiary/aromatic N) is 2. The minimum atomic E-state index is -4.11. The van der Waals surface area contributed by atoms with E-state index in [4.69, 9.17) is 0 Å². The highest BCUT2D eigenvalue weighted by Gasteiger charge is 2.34. The average molecular weight is 448 g/mol. The Morgan fingerprint density at radius 2 is 2.00 bits per heavy atom. The first kappa shape index (κ1) is 20.8. The molecule has 1 heterocycles. The zero-order chi connectivity index (χ0) is 16.0. The van der Waals surface area contributed by atoms with E-state index in [0.29, 0.717) is 13.1 Å². The molecule has 2 fully saturated rings. The molecule has 2 rings (SSSR count). The van der Waals surface area contributed by atoms with Gasteiger partial charge in [-0.15, -0.1) is 24.0 Å².